The summed E-state index contributed by atoms with van der Waals surface area (Å²) in [5.41, 5.74) is 1.60. The molecule has 1 aromatic heterocycles. The quantitative estimate of drug-likeness (QED) is 0.824. The first-order valence-corrected chi connectivity index (χ1v) is 8.09. The summed E-state index contributed by atoms with van der Waals surface area (Å²) in [6.07, 6.45) is 1.84. The largest absolute Gasteiger partial charge is 0.461 e. The zero-order valence-corrected chi connectivity index (χ0v) is 13.8. The third-order valence-corrected chi connectivity index (χ3v) is 4.27. The van der Waals surface area contributed by atoms with Crippen LogP contribution in [-0.4, -0.2) is 35.4 Å². The minimum Gasteiger partial charge on any atom is -0.461 e. The number of nitrogens with zero attached hydrogens (tertiary/aromatic N) is 1. The van der Waals surface area contributed by atoms with E-state index in [1.807, 2.05) is 6.07 Å². The van der Waals surface area contributed by atoms with Crippen molar-refractivity contribution in [1.29, 1.82) is 0 Å². The number of nitrogens with one attached hydrogen (secondary N) is 1. The Kier molecular flexibility index (Phi) is 4.38. The number of amides is 1. The molecule has 0 aliphatic heterocycles. The van der Waals surface area contributed by atoms with Crippen LogP contribution in [0.15, 0.2) is 24.3 Å². The molecule has 0 spiro atoms. The second-order valence-electron chi connectivity index (χ2n) is 5.97. The monoisotopic (exact) mass is 328 g/mol. The molecule has 126 valence electrons. The van der Waals surface area contributed by atoms with Gasteiger partial charge in [0.15, 0.2) is 5.78 Å². The number of ether oxygens (including phenoxy) is 1. The Balaban J connectivity index is 1.87. The van der Waals surface area contributed by atoms with Crippen LogP contribution in [0.2, 0.25) is 0 Å². The van der Waals surface area contributed by atoms with E-state index in [-0.39, 0.29) is 30.8 Å². The topological polar surface area (TPSA) is 77.4 Å². The number of Topliss-reactive ketones (excluding diaryl/α,β-unsaturated/α-hetero) is 1. The summed E-state index contributed by atoms with van der Waals surface area (Å²) >= 11 is 0. The average molecular weight is 328 g/mol. The van der Waals surface area contributed by atoms with Crippen LogP contribution >= 0.6 is 0 Å². The van der Waals surface area contributed by atoms with E-state index in [0.717, 1.165) is 18.4 Å². The summed E-state index contributed by atoms with van der Waals surface area (Å²) in [6, 6.07) is 6.94. The van der Waals surface area contributed by atoms with E-state index in [1.54, 1.807) is 36.7 Å². The molecule has 24 heavy (non-hydrogen) atoms. The number of ketones is 1. The van der Waals surface area contributed by atoms with Crippen LogP contribution in [0.1, 0.15) is 40.6 Å². The van der Waals surface area contributed by atoms with Crippen LogP contribution in [-0.2, 0) is 16.6 Å². The van der Waals surface area contributed by atoms with Crippen molar-refractivity contribution in [3.8, 4) is 0 Å². The maximum atomic E-state index is 12.4. The van der Waals surface area contributed by atoms with Gasteiger partial charge in [0.25, 0.3) is 5.91 Å². The Bertz CT molecular complexity index is 818. The maximum Gasteiger partial charge on any atom is 0.354 e. The molecular formula is C18H20N2O4. The molecule has 1 heterocycles. The maximum absolute atomic E-state index is 12.4. The highest BCUT2D eigenvalue weighted by molar-refractivity contribution is 6.09. The lowest BCUT2D eigenvalue weighted by atomic mass is 10.1. The Morgan fingerprint density at radius 2 is 2.04 bits per heavy atom. The van der Waals surface area contributed by atoms with Gasteiger partial charge in [-0.05, 0) is 38.0 Å². The molecule has 1 saturated carbocycles. The molecular weight excluding hydrogens is 308 g/mol. The molecule has 1 fully saturated rings. The van der Waals surface area contributed by atoms with E-state index < -0.39 is 5.97 Å². The van der Waals surface area contributed by atoms with Crippen molar-refractivity contribution in [3.63, 3.8) is 0 Å². The van der Waals surface area contributed by atoms with Crippen molar-refractivity contribution in [2.45, 2.75) is 19.8 Å². The van der Waals surface area contributed by atoms with E-state index in [1.165, 1.54) is 0 Å². The van der Waals surface area contributed by atoms with Crippen molar-refractivity contribution in [1.82, 2.24) is 9.88 Å². The number of hydrogen-bond donors (Lipinski definition) is 1. The van der Waals surface area contributed by atoms with Crippen molar-refractivity contribution in [3.05, 3.63) is 35.5 Å². The Morgan fingerprint density at radius 3 is 2.71 bits per heavy atom. The van der Waals surface area contributed by atoms with Gasteiger partial charge in [0, 0.05) is 29.4 Å². The van der Waals surface area contributed by atoms with Crippen molar-refractivity contribution < 1.29 is 19.1 Å². The lowest BCUT2D eigenvalue weighted by Crippen LogP contribution is -2.30. The lowest BCUT2D eigenvalue weighted by Gasteiger charge is -2.06. The van der Waals surface area contributed by atoms with Gasteiger partial charge in [0.05, 0.1) is 13.2 Å². The lowest BCUT2D eigenvalue weighted by molar-refractivity contribution is -0.119. The van der Waals surface area contributed by atoms with E-state index in [4.69, 9.17) is 4.74 Å². The van der Waals surface area contributed by atoms with Crippen molar-refractivity contribution >= 4 is 28.6 Å². The number of rotatable bonds is 6. The molecule has 0 atom stereocenters. The zero-order chi connectivity index (χ0) is 17.3. The number of hydrogen-bond acceptors (Lipinski definition) is 4. The van der Waals surface area contributed by atoms with Crippen molar-refractivity contribution in [2.75, 3.05) is 13.2 Å². The first-order chi connectivity index (χ1) is 11.5. The van der Waals surface area contributed by atoms with Crippen molar-refractivity contribution in [2.24, 2.45) is 13.0 Å². The second kappa shape index (κ2) is 6.47. The summed E-state index contributed by atoms with van der Waals surface area (Å²) in [6.45, 7) is 2.09. The fourth-order valence-electron chi connectivity index (χ4n) is 2.77. The molecule has 6 heteroatoms. The van der Waals surface area contributed by atoms with E-state index >= 15 is 0 Å². The first kappa shape index (κ1) is 16.2. The molecule has 0 unspecified atom stereocenters. The molecule has 2 aromatic rings. The van der Waals surface area contributed by atoms with Gasteiger partial charge >= 0.3 is 5.97 Å². The van der Waals surface area contributed by atoms with Gasteiger partial charge in [-0.25, -0.2) is 4.79 Å². The number of esters is 1. The van der Waals surface area contributed by atoms with Crippen LogP contribution in [0.25, 0.3) is 10.9 Å². The summed E-state index contributed by atoms with van der Waals surface area (Å²) in [5, 5.41) is 3.35. The number of aryl methyl sites for hydroxylation is 1. The number of carbonyl (C=O) groups is 3. The normalized spacial score (nSPS) is 13.8. The predicted molar refractivity (Wildman–Crippen MR) is 88.9 cm³/mol. The Morgan fingerprint density at radius 1 is 1.29 bits per heavy atom. The minimum absolute atomic E-state index is 0.0530. The highest BCUT2D eigenvalue weighted by Crippen LogP contribution is 2.29. The molecule has 1 amide bonds. The van der Waals surface area contributed by atoms with E-state index in [0.29, 0.717) is 16.6 Å². The van der Waals surface area contributed by atoms with Gasteiger partial charge in [-0.3, -0.25) is 9.59 Å². The first-order valence-electron chi connectivity index (χ1n) is 8.09. The number of fused-ring (bicyclic) bond motifs is 1. The number of aromatic nitrogens is 1. The average Bonchev–Trinajstić information content (AvgIpc) is 3.37. The molecule has 6 nitrogen and oxygen atoms in total. The van der Waals surface area contributed by atoms with Crippen LogP contribution < -0.4 is 5.32 Å². The third kappa shape index (κ3) is 3.04. The van der Waals surface area contributed by atoms with E-state index in [2.05, 4.69) is 5.32 Å². The number of carbonyl (C=O) groups excluding carboxylic acids is 3. The van der Waals surface area contributed by atoms with Crippen LogP contribution in [0.4, 0.5) is 0 Å². The Hall–Kier alpha value is -2.63. The molecule has 0 bridgehead atoms. The summed E-state index contributed by atoms with van der Waals surface area (Å²) in [7, 11) is 1.76. The van der Waals surface area contributed by atoms with Gasteiger partial charge < -0.3 is 14.6 Å². The SMILES string of the molecule is CCOC(=O)c1cc2c(C(=O)NCC(=O)C3CC3)cccc2n1C. The molecule has 0 saturated heterocycles. The molecule has 1 aromatic carbocycles. The fourth-order valence-corrected chi connectivity index (χ4v) is 2.77. The van der Waals surface area contributed by atoms with Gasteiger partial charge in [-0.1, -0.05) is 6.07 Å². The minimum atomic E-state index is -0.425. The molecule has 1 aliphatic rings. The van der Waals surface area contributed by atoms with Gasteiger partial charge in [0.1, 0.15) is 5.69 Å². The smallest absolute Gasteiger partial charge is 0.354 e. The molecule has 1 N–H and O–H groups in total. The zero-order valence-electron chi connectivity index (χ0n) is 13.8. The van der Waals surface area contributed by atoms with Gasteiger partial charge in [-0.2, -0.15) is 0 Å². The second-order valence-corrected chi connectivity index (χ2v) is 5.97. The molecule has 3 rings (SSSR count). The standard InChI is InChI=1S/C18H20N2O4/c1-3-24-18(23)15-9-13-12(5-4-6-14(13)20(15)2)17(22)19-10-16(21)11-7-8-11/h4-6,9,11H,3,7-8,10H2,1-2H3,(H,19,22). The number of benzene rings is 1. The highest BCUT2D eigenvalue weighted by atomic mass is 16.5. The molecule has 1 aliphatic carbocycles. The summed E-state index contributed by atoms with van der Waals surface area (Å²) in [5.74, 6) is -0.536. The summed E-state index contributed by atoms with van der Waals surface area (Å²) < 4.78 is 6.75. The van der Waals surface area contributed by atoms with Crippen LogP contribution in [0.5, 0.6) is 0 Å². The molecule has 0 radical (unpaired) electrons. The summed E-state index contributed by atoms with van der Waals surface area (Å²) in [4.78, 5) is 36.2. The predicted octanol–water partition coefficient (Wildman–Crippen LogP) is 2.06. The van der Waals surface area contributed by atoms with E-state index in [9.17, 15) is 14.4 Å². The Labute approximate surface area is 139 Å². The van der Waals surface area contributed by atoms with Gasteiger partial charge in [0.2, 0.25) is 0 Å². The third-order valence-electron chi connectivity index (χ3n) is 4.27. The fraction of sp³-hybridized carbons (Fsp3) is 0.389. The van der Waals surface area contributed by atoms with Crippen LogP contribution in [0, 0.1) is 5.92 Å². The highest BCUT2D eigenvalue weighted by Gasteiger charge is 2.29. The van der Waals surface area contributed by atoms with Crippen LogP contribution in [0.3, 0.4) is 0 Å². The van der Waals surface area contributed by atoms with Gasteiger partial charge in [-0.15, -0.1) is 0 Å².